The lowest BCUT2D eigenvalue weighted by molar-refractivity contribution is 0.00955. The van der Waals surface area contributed by atoms with Gasteiger partial charge in [0.15, 0.2) is 0 Å². The van der Waals surface area contributed by atoms with E-state index in [2.05, 4.69) is 53.9 Å². The van der Waals surface area contributed by atoms with Crippen LogP contribution >= 0.6 is 0 Å². The summed E-state index contributed by atoms with van der Waals surface area (Å²) in [5.41, 5.74) is 0. The van der Waals surface area contributed by atoms with E-state index in [1.54, 1.807) is 14.2 Å². The molecule has 1 aliphatic heterocycles. The first kappa shape index (κ1) is 27.4. The molecule has 174 valence electrons. The van der Waals surface area contributed by atoms with E-state index in [1.165, 1.54) is 0 Å². The van der Waals surface area contributed by atoms with Crippen molar-refractivity contribution in [3.05, 3.63) is 0 Å². The zero-order valence-electron chi connectivity index (χ0n) is 20.6. The monoisotopic (exact) mass is 466 g/mol. The average Bonchev–Trinajstić information content (AvgIpc) is 3.50. The van der Waals surface area contributed by atoms with Crippen molar-refractivity contribution < 1.29 is 27.2 Å². The van der Waals surface area contributed by atoms with Crippen LogP contribution in [-0.2, 0) is 27.2 Å². The molecule has 0 aliphatic carbocycles. The highest BCUT2D eigenvalue weighted by Gasteiger charge is 2.55. The molecule has 0 aromatic heterocycles. The maximum Gasteiger partial charge on any atom is 0.500 e. The van der Waals surface area contributed by atoms with Crippen molar-refractivity contribution >= 4 is 25.9 Å². The van der Waals surface area contributed by atoms with Gasteiger partial charge in [0.25, 0.3) is 0 Å². The Morgan fingerprint density at radius 3 is 2.03 bits per heavy atom. The summed E-state index contributed by atoms with van der Waals surface area (Å²) < 4.78 is 36.5. The minimum absolute atomic E-state index is 0.0292. The van der Waals surface area contributed by atoms with Crippen LogP contribution in [0.15, 0.2) is 0 Å². The first-order valence-electron chi connectivity index (χ1n) is 11.1. The third kappa shape index (κ3) is 7.50. The van der Waals surface area contributed by atoms with Crippen LogP contribution in [0.3, 0.4) is 0 Å². The maximum absolute atomic E-state index is 6.95. The molecule has 0 saturated carbocycles. The normalized spacial score (nSPS) is 21.8. The van der Waals surface area contributed by atoms with Gasteiger partial charge < -0.3 is 27.2 Å². The lowest BCUT2D eigenvalue weighted by atomic mass is 10.3. The maximum atomic E-state index is 6.95. The van der Waals surface area contributed by atoms with Crippen molar-refractivity contribution in [3.63, 3.8) is 0 Å². The third-order valence-corrected chi connectivity index (χ3v) is 17.2. The zero-order chi connectivity index (χ0) is 22.3. The molecule has 1 rings (SSSR count). The Hall–Kier alpha value is 0.411. The summed E-state index contributed by atoms with van der Waals surface area (Å²) in [6, 6.07) is 0.732. The van der Waals surface area contributed by atoms with E-state index >= 15 is 0 Å². The van der Waals surface area contributed by atoms with E-state index in [1.807, 2.05) is 0 Å². The van der Waals surface area contributed by atoms with Gasteiger partial charge in [0.2, 0.25) is 8.32 Å². The minimum atomic E-state index is -2.83. The lowest BCUT2D eigenvalue weighted by Gasteiger charge is -2.50. The summed E-state index contributed by atoms with van der Waals surface area (Å²) in [5.74, 6) is 0. The molecule has 0 aromatic rings. The fraction of sp³-hybridized carbons (Fsp3) is 1.00. The van der Waals surface area contributed by atoms with Crippen LogP contribution in [0.2, 0.25) is 32.2 Å². The topological polar surface area (TPSA) is 58.7 Å². The molecule has 0 amide bonds. The Kier molecular flexibility index (Phi) is 10.7. The molecule has 1 fully saturated rings. The highest BCUT2D eigenvalue weighted by Crippen LogP contribution is 2.38. The summed E-state index contributed by atoms with van der Waals surface area (Å²) in [4.78, 5) is 0. The van der Waals surface area contributed by atoms with Gasteiger partial charge in [0.05, 0.1) is 27.2 Å². The van der Waals surface area contributed by atoms with Gasteiger partial charge in [-0.2, -0.15) is 0 Å². The Morgan fingerprint density at radius 2 is 1.62 bits per heavy atom. The molecule has 1 saturated heterocycles. The number of rotatable bonds is 16. The van der Waals surface area contributed by atoms with Crippen molar-refractivity contribution in [2.75, 3.05) is 34.0 Å². The highest BCUT2D eigenvalue weighted by atomic mass is 28.4. The van der Waals surface area contributed by atoms with Crippen molar-refractivity contribution in [1.82, 2.24) is 0 Å². The summed E-state index contributed by atoms with van der Waals surface area (Å²) >= 11 is 0. The van der Waals surface area contributed by atoms with Crippen molar-refractivity contribution in [2.24, 2.45) is 0 Å². The second-order valence-corrected chi connectivity index (χ2v) is 20.0. The van der Waals surface area contributed by atoms with Gasteiger partial charge in [0.1, 0.15) is 6.10 Å². The van der Waals surface area contributed by atoms with Gasteiger partial charge in [-0.25, -0.2) is 0 Å². The molecule has 0 spiro atoms. The van der Waals surface area contributed by atoms with Crippen LogP contribution in [0.1, 0.15) is 47.0 Å². The molecule has 6 nitrogen and oxygen atoms in total. The predicted molar refractivity (Wildman–Crippen MR) is 126 cm³/mol. The highest BCUT2D eigenvalue weighted by molar-refractivity contribution is 6.76. The molecule has 1 heterocycles. The second kappa shape index (κ2) is 11.3. The molecule has 3 unspecified atom stereocenters. The first-order valence-corrected chi connectivity index (χ1v) is 18.9. The van der Waals surface area contributed by atoms with Gasteiger partial charge >= 0.3 is 8.80 Å². The SMILES string of the molecule is CCC(C)(O[Si](C)(C)C(C)(CC)O[Si](CCCOCC1CO1)(OC)OC)[SiH](C)C. The zero-order valence-corrected chi connectivity index (χ0v) is 23.7. The van der Waals surface area contributed by atoms with Gasteiger partial charge in [-0.1, -0.05) is 26.9 Å². The lowest BCUT2D eigenvalue weighted by Crippen LogP contribution is -2.65. The largest absolute Gasteiger partial charge is 0.500 e. The van der Waals surface area contributed by atoms with Gasteiger partial charge in [-0.05, 0) is 46.2 Å². The molecule has 1 aliphatic rings. The number of ether oxygens (including phenoxy) is 2. The Morgan fingerprint density at radius 1 is 1.03 bits per heavy atom. The second-order valence-electron chi connectivity index (χ2n) is 9.34. The fourth-order valence-electron chi connectivity index (χ4n) is 3.44. The number of hydrogen-bond acceptors (Lipinski definition) is 6. The summed E-state index contributed by atoms with van der Waals surface area (Å²) in [5, 5.41) is -0.424. The van der Waals surface area contributed by atoms with Gasteiger partial charge in [-0.3, -0.25) is 0 Å². The molecule has 3 atom stereocenters. The molecule has 0 N–H and O–H groups in total. The quantitative estimate of drug-likeness (QED) is 0.193. The molecular formula is C20H46O6Si3. The molecule has 29 heavy (non-hydrogen) atoms. The van der Waals surface area contributed by atoms with Crippen LogP contribution in [-0.4, -0.2) is 76.5 Å². The van der Waals surface area contributed by atoms with E-state index in [0.29, 0.717) is 19.3 Å². The Bertz CT molecular complexity index is 485. The summed E-state index contributed by atoms with van der Waals surface area (Å²) in [6.07, 6.45) is 3.03. The third-order valence-electron chi connectivity index (χ3n) is 6.84. The standard InChI is InChI=1S/C20H46O6Si3/c1-11-19(3,27(7)8)25-28(9,10)20(4,12-2)26-29(21-5,22-6)15-13-14-23-16-18-17-24-18/h18,27H,11-17H2,1-10H3. The van der Waals surface area contributed by atoms with Gasteiger partial charge in [0, 0.05) is 32.1 Å². The van der Waals surface area contributed by atoms with E-state index in [-0.39, 0.29) is 5.22 Å². The molecule has 0 bridgehead atoms. The fourth-order valence-corrected chi connectivity index (χ4v) is 12.2. The Balaban J connectivity index is 2.87. The average molecular weight is 467 g/mol. The van der Waals surface area contributed by atoms with E-state index in [9.17, 15) is 0 Å². The predicted octanol–water partition coefficient (Wildman–Crippen LogP) is 4.16. The van der Waals surface area contributed by atoms with Crippen LogP contribution in [0.25, 0.3) is 0 Å². The molecule has 0 radical (unpaired) electrons. The van der Waals surface area contributed by atoms with Crippen molar-refractivity contribution in [1.29, 1.82) is 0 Å². The first-order chi connectivity index (χ1) is 13.4. The van der Waals surface area contributed by atoms with Crippen LogP contribution in [0.5, 0.6) is 0 Å². The van der Waals surface area contributed by atoms with E-state index in [4.69, 9.17) is 27.2 Å². The van der Waals surface area contributed by atoms with Crippen molar-refractivity contribution in [3.8, 4) is 0 Å². The van der Waals surface area contributed by atoms with E-state index in [0.717, 1.165) is 31.9 Å². The van der Waals surface area contributed by atoms with Gasteiger partial charge in [-0.15, -0.1) is 0 Å². The number of epoxide rings is 1. The molecular weight excluding hydrogens is 420 g/mol. The number of hydrogen-bond donors (Lipinski definition) is 0. The summed E-state index contributed by atoms with van der Waals surface area (Å²) in [7, 11) is -2.66. The van der Waals surface area contributed by atoms with E-state index < -0.39 is 31.1 Å². The summed E-state index contributed by atoms with van der Waals surface area (Å²) in [6.45, 7) is 20.3. The Labute approximate surface area is 183 Å². The van der Waals surface area contributed by atoms with Crippen LogP contribution in [0, 0.1) is 0 Å². The van der Waals surface area contributed by atoms with Crippen LogP contribution < -0.4 is 0 Å². The minimum Gasteiger partial charge on any atom is -0.412 e. The van der Waals surface area contributed by atoms with Crippen LogP contribution in [0.4, 0.5) is 0 Å². The smallest absolute Gasteiger partial charge is 0.412 e. The molecule has 0 aromatic carbocycles. The van der Waals surface area contributed by atoms with Crippen molar-refractivity contribution in [2.45, 2.75) is 95.7 Å². The molecule has 9 heteroatoms.